The number of benzene rings is 2. The number of amides is 1. The Morgan fingerprint density at radius 2 is 1.81 bits per heavy atom. The summed E-state index contributed by atoms with van der Waals surface area (Å²) in [5.41, 5.74) is -0.0935. The number of carbonyl (C=O) groups is 2. The molecule has 2 aromatic carbocycles. The number of carbonyl (C=O) groups excluding carboxylic acids is 1. The number of carboxylic acid groups (broad SMARTS) is 1. The second kappa shape index (κ2) is 8.32. The van der Waals surface area contributed by atoms with Gasteiger partial charge in [0.05, 0.1) is 21.5 Å². The first-order valence-electron chi connectivity index (χ1n) is 9.71. The van der Waals surface area contributed by atoms with Gasteiger partial charge in [-0.3, -0.25) is 0 Å². The lowest BCUT2D eigenvalue weighted by Crippen LogP contribution is -2.50. The summed E-state index contributed by atoms with van der Waals surface area (Å²) in [5.74, 6) is -1.29. The Morgan fingerprint density at radius 3 is 2.45 bits per heavy atom. The molecule has 0 aromatic heterocycles. The van der Waals surface area contributed by atoms with Gasteiger partial charge in [0.15, 0.2) is 6.04 Å². The van der Waals surface area contributed by atoms with Gasteiger partial charge in [-0.25, -0.2) is 18.0 Å². The summed E-state index contributed by atoms with van der Waals surface area (Å²) in [6.45, 7) is 6.30. The van der Waals surface area contributed by atoms with Crippen LogP contribution in [0.15, 0.2) is 46.2 Å². The first kappa shape index (κ1) is 22.8. The van der Waals surface area contributed by atoms with Crippen LogP contribution in [0.3, 0.4) is 0 Å². The highest BCUT2D eigenvalue weighted by atomic mass is 32.2. The average molecular weight is 448 g/mol. The molecule has 2 atom stereocenters. The molecule has 0 saturated heterocycles. The molecule has 2 N–H and O–H groups in total. The number of aliphatic carboxylic acids is 1. The average Bonchev–Trinajstić information content (AvgIpc) is 2.93. The normalized spacial score (nSPS) is 16.8. The standard InChI is InChI=1S/C22H25NO7S/c1-13(30-22(2,3)4)18(20(24)25)23-21(26)29-12-16-11-15-10-9-14-7-5-6-8-17(14)19(15)31(16,27)28/h5-11,13,18H,12H2,1-4H3,(H,23,26)(H,24,25)/t13-,18+/m1/s1. The number of fused-ring (bicyclic) bond motifs is 3. The minimum Gasteiger partial charge on any atom is -0.480 e. The highest BCUT2D eigenvalue weighted by Crippen LogP contribution is 2.38. The summed E-state index contributed by atoms with van der Waals surface area (Å²) in [5, 5.41) is 13.0. The van der Waals surface area contributed by atoms with Crippen LogP contribution in [-0.4, -0.2) is 49.9 Å². The van der Waals surface area contributed by atoms with E-state index in [0.29, 0.717) is 10.9 Å². The van der Waals surface area contributed by atoms with Gasteiger partial charge in [0, 0.05) is 5.39 Å². The van der Waals surface area contributed by atoms with E-state index in [9.17, 15) is 23.1 Å². The molecule has 31 heavy (non-hydrogen) atoms. The van der Waals surface area contributed by atoms with E-state index in [1.165, 1.54) is 13.0 Å². The maximum Gasteiger partial charge on any atom is 0.408 e. The Hall–Kier alpha value is -2.91. The second-order valence-electron chi connectivity index (χ2n) is 8.29. The number of rotatable bonds is 6. The highest BCUT2D eigenvalue weighted by Gasteiger charge is 2.34. The van der Waals surface area contributed by atoms with Crippen LogP contribution in [0.4, 0.5) is 4.79 Å². The molecule has 8 nitrogen and oxygen atoms in total. The Morgan fingerprint density at radius 1 is 1.13 bits per heavy atom. The highest BCUT2D eigenvalue weighted by molar-refractivity contribution is 7.96. The number of ether oxygens (including phenoxy) is 2. The van der Waals surface area contributed by atoms with Crippen LogP contribution in [0.25, 0.3) is 16.8 Å². The summed E-state index contributed by atoms with van der Waals surface area (Å²) >= 11 is 0. The molecular formula is C22H25NO7S. The topological polar surface area (TPSA) is 119 Å². The van der Waals surface area contributed by atoms with Gasteiger partial charge < -0.3 is 19.9 Å². The summed E-state index contributed by atoms with van der Waals surface area (Å²) in [7, 11) is -3.84. The van der Waals surface area contributed by atoms with Gasteiger partial charge in [-0.15, -0.1) is 0 Å². The zero-order valence-electron chi connectivity index (χ0n) is 17.7. The van der Waals surface area contributed by atoms with Crippen molar-refractivity contribution < 1.29 is 32.6 Å². The number of sulfone groups is 1. The molecule has 0 aliphatic carbocycles. The van der Waals surface area contributed by atoms with Gasteiger partial charge in [-0.1, -0.05) is 36.4 Å². The van der Waals surface area contributed by atoms with E-state index in [2.05, 4.69) is 5.32 Å². The van der Waals surface area contributed by atoms with Crippen molar-refractivity contribution in [3.05, 3.63) is 46.9 Å². The number of hydrogen-bond donors (Lipinski definition) is 2. The van der Waals surface area contributed by atoms with E-state index < -0.39 is 46.3 Å². The molecule has 0 spiro atoms. The zero-order valence-corrected chi connectivity index (χ0v) is 18.5. The van der Waals surface area contributed by atoms with Crippen molar-refractivity contribution >= 4 is 38.7 Å². The predicted octanol–water partition coefficient (Wildman–Crippen LogP) is 3.35. The third-order valence-corrected chi connectivity index (χ3v) is 6.65. The maximum atomic E-state index is 13.0. The van der Waals surface area contributed by atoms with Crippen molar-refractivity contribution in [3.8, 4) is 0 Å². The fourth-order valence-electron chi connectivity index (χ4n) is 3.49. The monoisotopic (exact) mass is 447 g/mol. The van der Waals surface area contributed by atoms with E-state index in [-0.39, 0.29) is 9.80 Å². The van der Waals surface area contributed by atoms with Gasteiger partial charge >= 0.3 is 12.1 Å². The van der Waals surface area contributed by atoms with Crippen LogP contribution in [0.1, 0.15) is 33.3 Å². The first-order valence-corrected chi connectivity index (χ1v) is 11.2. The van der Waals surface area contributed by atoms with Gasteiger partial charge in [-0.05, 0) is 44.7 Å². The van der Waals surface area contributed by atoms with Crippen LogP contribution in [-0.2, 0) is 24.1 Å². The van der Waals surface area contributed by atoms with Crippen molar-refractivity contribution in [1.29, 1.82) is 0 Å². The predicted molar refractivity (Wildman–Crippen MR) is 115 cm³/mol. The van der Waals surface area contributed by atoms with E-state index in [1.807, 2.05) is 18.2 Å². The number of hydrogen-bond acceptors (Lipinski definition) is 6. The summed E-state index contributed by atoms with van der Waals surface area (Å²) < 4.78 is 36.7. The van der Waals surface area contributed by atoms with Gasteiger partial charge in [0.1, 0.15) is 6.61 Å². The van der Waals surface area contributed by atoms with E-state index in [1.54, 1.807) is 39.0 Å². The Bertz CT molecular complexity index is 1160. The molecule has 3 rings (SSSR count). The molecule has 1 heterocycles. The minimum atomic E-state index is -3.84. The fraction of sp³-hybridized carbons (Fsp3) is 0.364. The molecule has 1 aliphatic heterocycles. The van der Waals surface area contributed by atoms with Crippen molar-refractivity contribution in [1.82, 2.24) is 5.32 Å². The largest absolute Gasteiger partial charge is 0.480 e. The molecule has 166 valence electrons. The van der Waals surface area contributed by atoms with Crippen LogP contribution in [0.2, 0.25) is 0 Å². The van der Waals surface area contributed by atoms with Crippen LogP contribution in [0.5, 0.6) is 0 Å². The van der Waals surface area contributed by atoms with E-state index in [4.69, 9.17) is 9.47 Å². The molecular weight excluding hydrogens is 422 g/mol. The number of alkyl carbamates (subject to hydrolysis) is 1. The Balaban J connectivity index is 1.71. The first-order chi connectivity index (χ1) is 14.4. The zero-order chi connectivity index (χ0) is 23.0. The molecule has 0 radical (unpaired) electrons. The SMILES string of the molecule is C[C@@H](OC(C)(C)C)[C@H](NC(=O)OCC1=Cc2ccc3ccccc3c2S1(=O)=O)C(=O)O. The summed E-state index contributed by atoms with van der Waals surface area (Å²) in [4.78, 5) is 23.9. The third-order valence-electron chi connectivity index (χ3n) is 4.73. The lowest BCUT2D eigenvalue weighted by Gasteiger charge is -2.29. The molecule has 0 unspecified atom stereocenters. The van der Waals surface area contributed by atoms with Crippen LogP contribution < -0.4 is 5.32 Å². The second-order valence-corrected chi connectivity index (χ2v) is 10.2. The van der Waals surface area contributed by atoms with E-state index >= 15 is 0 Å². The Kier molecular flexibility index (Phi) is 6.11. The summed E-state index contributed by atoms with van der Waals surface area (Å²) in [6.07, 6.45) is -0.423. The number of carboxylic acids is 1. The quantitative estimate of drug-likeness (QED) is 0.697. The smallest absolute Gasteiger partial charge is 0.408 e. The van der Waals surface area contributed by atoms with Gasteiger partial charge in [0.2, 0.25) is 9.84 Å². The molecule has 1 amide bonds. The molecule has 2 aromatic rings. The number of nitrogens with one attached hydrogen (secondary N) is 1. The Labute approximate surface area is 180 Å². The third kappa shape index (κ3) is 4.88. The minimum absolute atomic E-state index is 0.0696. The van der Waals surface area contributed by atoms with Gasteiger partial charge in [0.25, 0.3) is 0 Å². The van der Waals surface area contributed by atoms with Crippen molar-refractivity contribution in [3.63, 3.8) is 0 Å². The molecule has 1 aliphatic rings. The van der Waals surface area contributed by atoms with Gasteiger partial charge in [-0.2, -0.15) is 0 Å². The molecule has 0 saturated carbocycles. The molecule has 9 heteroatoms. The molecule has 0 fully saturated rings. The lowest BCUT2D eigenvalue weighted by molar-refractivity contribution is -0.147. The van der Waals surface area contributed by atoms with E-state index in [0.717, 1.165) is 5.39 Å². The van der Waals surface area contributed by atoms with Crippen molar-refractivity contribution in [2.75, 3.05) is 6.61 Å². The molecule has 0 bridgehead atoms. The van der Waals surface area contributed by atoms with Crippen LogP contribution in [0, 0.1) is 0 Å². The maximum absolute atomic E-state index is 13.0. The van der Waals surface area contributed by atoms with Crippen molar-refractivity contribution in [2.24, 2.45) is 0 Å². The van der Waals surface area contributed by atoms with Crippen molar-refractivity contribution in [2.45, 2.75) is 50.3 Å². The summed E-state index contributed by atoms with van der Waals surface area (Å²) in [6, 6.07) is 9.29. The fourth-order valence-corrected chi connectivity index (χ4v) is 5.16. The van der Waals surface area contributed by atoms with Crippen LogP contribution >= 0.6 is 0 Å². The lowest BCUT2D eigenvalue weighted by atomic mass is 10.1.